The van der Waals surface area contributed by atoms with Gasteiger partial charge in [0.2, 0.25) is 0 Å². The average molecular weight is 218 g/mol. The molecule has 1 aromatic rings. The van der Waals surface area contributed by atoms with Gasteiger partial charge in [-0.05, 0) is 19.1 Å². The molecule has 0 aliphatic rings. The first-order valence-corrected chi connectivity index (χ1v) is 4.60. The van der Waals surface area contributed by atoms with Crippen molar-refractivity contribution in [1.29, 1.82) is 0 Å². The summed E-state index contributed by atoms with van der Waals surface area (Å²) >= 11 is 0. The van der Waals surface area contributed by atoms with Crippen LogP contribution in [0.25, 0.3) is 0 Å². The Morgan fingerprint density at radius 3 is 2.53 bits per heavy atom. The lowest BCUT2D eigenvalue weighted by molar-refractivity contribution is -0.132. The number of anilines is 1. The third-order valence-corrected chi connectivity index (χ3v) is 2.00. The van der Waals surface area contributed by atoms with Gasteiger partial charge in [-0.25, -0.2) is 4.98 Å². The van der Waals surface area contributed by atoms with Crippen LogP contribution in [0.3, 0.4) is 0 Å². The highest BCUT2D eigenvalue weighted by Gasteiger charge is 2.27. The molecule has 0 aromatic carbocycles. The average Bonchev–Trinajstić information content (AvgIpc) is 2.13. The minimum absolute atomic E-state index is 0.0695. The lowest BCUT2D eigenvalue weighted by Gasteiger charge is -2.19. The van der Waals surface area contributed by atoms with Gasteiger partial charge in [0.15, 0.2) is 0 Å². The molecule has 0 aliphatic heterocycles. The molecular weight excluding hydrogens is 205 g/mol. The predicted octanol–water partition coefficient (Wildman–Crippen LogP) is 2.78. The molecule has 0 unspecified atom stereocenters. The molecular formula is C10H13F3N2. The van der Waals surface area contributed by atoms with Gasteiger partial charge in [0, 0.05) is 19.3 Å². The van der Waals surface area contributed by atoms with Gasteiger partial charge in [-0.3, -0.25) is 0 Å². The van der Waals surface area contributed by atoms with E-state index in [4.69, 9.17) is 0 Å². The largest absolute Gasteiger partial charge is 0.390 e. The first-order chi connectivity index (χ1) is 6.88. The van der Waals surface area contributed by atoms with Crippen molar-refractivity contribution in [3.63, 3.8) is 0 Å². The number of hydrogen-bond donors (Lipinski definition) is 0. The summed E-state index contributed by atoms with van der Waals surface area (Å²) < 4.78 is 35.9. The van der Waals surface area contributed by atoms with Crippen LogP contribution in [-0.4, -0.2) is 24.8 Å². The Hall–Kier alpha value is -1.26. The zero-order chi connectivity index (χ0) is 11.5. The fourth-order valence-corrected chi connectivity index (χ4v) is 1.15. The topological polar surface area (TPSA) is 16.1 Å². The van der Waals surface area contributed by atoms with Crippen LogP contribution < -0.4 is 4.90 Å². The third-order valence-electron chi connectivity index (χ3n) is 2.00. The smallest absolute Gasteiger partial charge is 0.359 e. The van der Waals surface area contributed by atoms with E-state index in [1.165, 1.54) is 4.90 Å². The normalized spacial score (nSPS) is 11.5. The second-order valence-corrected chi connectivity index (χ2v) is 3.42. The Labute approximate surface area is 86.7 Å². The molecule has 0 aliphatic carbocycles. The summed E-state index contributed by atoms with van der Waals surface area (Å²) in [6.07, 6.45) is -4.93. The zero-order valence-corrected chi connectivity index (χ0v) is 8.67. The minimum atomic E-state index is -4.11. The monoisotopic (exact) mass is 218 g/mol. The van der Waals surface area contributed by atoms with Gasteiger partial charge in [0.25, 0.3) is 0 Å². The highest BCUT2D eigenvalue weighted by Crippen LogP contribution is 2.20. The van der Waals surface area contributed by atoms with E-state index in [0.717, 1.165) is 5.69 Å². The van der Waals surface area contributed by atoms with Crippen LogP contribution in [0, 0.1) is 6.92 Å². The van der Waals surface area contributed by atoms with Gasteiger partial charge in [-0.2, -0.15) is 13.2 Å². The highest BCUT2D eigenvalue weighted by atomic mass is 19.4. The van der Waals surface area contributed by atoms with E-state index in [2.05, 4.69) is 4.98 Å². The van der Waals surface area contributed by atoms with Crippen molar-refractivity contribution in [2.24, 2.45) is 0 Å². The van der Waals surface area contributed by atoms with Crippen molar-refractivity contribution in [3.8, 4) is 0 Å². The first kappa shape index (κ1) is 11.8. The number of rotatable bonds is 3. The van der Waals surface area contributed by atoms with Crippen LogP contribution in [0.15, 0.2) is 18.2 Å². The number of hydrogen-bond acceptors (Lipinski definition) is 2. The minimum Gasteiger partial charge on any atom is -0.359 e. The number of alkyl halides is 3. The summed E-state index contributed by atoms with van der Waals surface area (Å²) in [4.78, 5) is 5.63. The lowest BCUT2D eigenvalue weighted by atomic mass is 10.3. The number of halogens is 3. The van der Waals surface area contributed by atoms with Gasteiger partial charge in [0.1, 0.15) is 5.82 Å². The quantitative estimate of drug-likeness (QED) is 0.775. The summed E-state index contributed by atoms with van der Waals surface area (Å²) in [6, 6.07) is 5.28. The molecule has 0 saturated carbocycles. The molecule has 0 N–H and O–H groups in total. The van der Waals surface area contributed by atoms with Crippen LogP contribution in [-0.2, 0) is 0 Å². The molecule has 1 aromatic heterocycles. The van der Waals surface area contributed by atoms with E-state index in [0.29, 0.717) is 5.82 Å². The molecule has 5 heteroatoms. The van der Waals surface area contributed by atoms with Crippen molar-refractivity contribution < 1.29 is 13.2 Å². The maximum Gasteiger partial charge on any atom is 0.390 e. The fourth-order valence-electron chi connectivity index (χ4n) is 1.15. The number of pyridine rings is 1. The maximum absolute atomic E-state index is 12.0. The van der Waals surface area contributed by atoms with Crippen LogP contribution in [0.5, 0.6) is 0 Å². The summed E-state index contributed by atoms with van der Waals surface area (Å²) in [5.74, 6) is 0.569. The Kier molecular flexibility index (Phi) is 3.55. The number of aryl methyl sites for hydroxylation is 1. The van der Waals surface area contributed by atoms with Crippen molar-refractivity contribution >= 4 is 5.82 Å². The van der Waals surface area contributed by atoms with Gasteiger partial charge >= 0.3 is 6.18 Å². The summed E-state index contributed by atoms with van der Waals surface area (Å²) in [5.41, 5.74) is 0.798. The summed E-state index contributed by atoms with van der Waals surface area (Å²) in [6.45, 7) is 1.74. The first-order valence-electron chi connectivity index (χ1n) is 4.60. The van der Waals surface area contributed by atoms with E-state index in [-0.39, 0.29) is 6.54 Å². The molecule has 1 rings (SSSR count). The molecule has 0 amide bonds. The van der Waals surface area contributed by atoms with Crippen molar-refractivity contribution in [2.45, 2.75) is 19.5 Å². The molecule has 0 radical (unpaired) electrons. The summed E-state index contributed by atoms with van der Waals surface area (Å²) in [7, 11) is 1.60. The molecule has 0 bridgehead atoms. The maximum atomic E-state index is 12.0. The van der Waals surface area contributed by atoms with E-state index in [1.807, 2.05) is 0 Å². The third kappa shape index (κ3) is 4.18. The standard InChI is InChI=1S/C10H13F3N2/c1-8-4-3-5-9(14-8)15(2)7-6-10(11,12)13/h3-5H,6-7H2,1-2H3. The Morgan fingerprint density at radius 2 is 2.00 bits per heavy atom. The molecule has 1 heterocycles. The van der Waals surface area contributed by atoms with Crippen molar-refractivity contribution in [3.05, 3.63) is 23.9 Å². The number of aromatic nitrogens is 1. The van der Waals surface area contributed by atoms with Gasteiger partial charge < -0.3 is 4.90 Å². The molecule has 0 atom stereocenters. The highest BCUT2D eigenvalue weighted by molar-refractivity contribution is 5.37. The van der Waals surface area contributed by atoms with E-state index < -0.39 is 12.6 Å². The predicted molar refractivity (Wildman–Crippen MR) is 52.9 cm³/mol. The fraction of sp³-hybridized carbons (Fsp3) is 0.500. The number of nitrogens with zero attached hydrogens (tertiary/aromatic N) is 2. The van der Waals surface area contributed by atoms with Gasteiger partial charge in [-0.15, -0.1) is 0 Å². The molecule has 0 saturated heterocycles. The van der Waals surface area contributed by atoms with E-state index in [1.54, 1.807) is 32.2 Å². The van der Waals surface area contributed by atoms with Gasteiger partial charge in [-0.1, -0.05) is 6.07 Å². The van der Waals surface area contributed by atoms with E-state index >= 15 is 0 Å². The van der Waals surface area contributed by atoms with Gasteiger partial charge in [0.05, 0.1) is 6.42 Å². The molecule has 2 nitrogen and oxygen atoms in total. The summed E-state index contributed by atoms with van der Waals surface area (Å²) in [5, 5.41) is 0. The van der Waals surface area contributed by atoms with Crippen LogP contribution in [0.2, 0.25) is 0 Å². The Morgan fingerprint density at radius 1 is 1.33 bits per heavy atom. The van der Waals surface area contributed by atoms with Crippen LogP contribution in [0.4, 0.5) is 19.0 Å². The second-order valence-electron chi connectivity index (χ2n) is 3.42. The molecule has 0 fully saturated rings. The van der Waals surface area contributed by atoms with E-state index in [9.17, 15) is 13.2 Å². The van der Waals surface area contributed by atoms with Crippen molar-refractivity contribution in [2.75, 3.05) is 18.5 Å². The molecule has 84 valence electrons. The van der Waals surface area contributed by atoms with Crippen LogP contribution in [0.1, 0.15) is 12.1 Å². The SMILES string of the molecule is Cc1cccc(N(C)CCC(F)(F)F)n1. The van der Waals surface area contributed by atoms with Crippen molar-refractivity contribution in [1.82, 2.24) is 4.98 Å². The van der Waals surface area contributed by atoms with Crippen LogP contribution >= 0.6 is 0 Å². The molecule has 15 heavy (non-hydrogen) atoms. The second kappa shape index (κ2) is 4.51. The lowest BCUT2D eigenvalue weighted by Crippen LogP contribution is -2.24. The zero-order valence-electron chi connectivity index (χ0n) is 8.67. The Balaban J connectivity index is 2.58. The Bertz CT molecular complexity index is 323. The molecule has 0 spiro atoms.